The molecular formula is C18H12FNO4. The van der Waals surface area contributed by atoms with Crippen LogP contribution < -0.4 is 0 Å². The summed E-state index contributed by atoms with van der Waals surface area (Å²) in [6.45, 7) is 0. The van der Waals surface area contributed by atoms with Crippen molar-refractivity contribution in [1.82, 2.24) is 4.98 Å². The van der Waals surface area contributed by atoms with Crippen molar-refractivity contribution < 1.29 is 24.5 Å². The number of nitrogens with zero attached hydrogens (tertiary/aromatic N) is 1. The third kappa shape index (κ3) is 2.65. The molecule has 24 heavy (non-hydrogen) atoms. The minimum absolute atomic E-state index is 0.0313. The molecule has 6 heteroatoms. The second-order valence-electron chi connectivity index (χ2n) is 5.05. The van der Waals surface area contributed by atoms with Gasteiger partial charge in [0.1, 0.15) is 5.69 Å². The van der Waals surface area contributed by atoms with E-state index in [1.165, 1.54) is 54.6 Å². The monoisotopic (exact) mass is 325 g/mol. The first-order valence-electron chi connectivity index (χ1n) is 6.99. The topological polar surface area (TPSA) is 90.7 Å². The van der Waals surface area contributed by atoms with Crippen LogP contribution in [0.2, 0.25) is 0 Å². The lowest BCUT2D eigenvalue weighted by Gasteiger charge is -2.08. The molecule has 0 saturated carbocycles. The number of carbonyl (C=O) groups is 1. The number of pyridine rings is 1. The number of benzene rings is 2. The molecule has 0 aliphatic carbocycles. The molecule has 0 bridgehead atoms. The minimum atomic E-state index is -0.838. The predicted molar refractivity (Wildman–Crippen MR) is 84.5 cm³/mol. The van der Waals surface area contributed by atoms with Gasteiger partial charge >= 0.3 is 0 Å². The second-order valence-corrected chi connectivity index (χ2v) is 5.05. The van der Waals surface area contributed by atoms with E-state index in [0.717, 1.165) is 0 Å². The molecule has 0 aliphatic rings. The molecule has 120 valence electrons. The maximum absolute atomic E-state index is 14.0. The van der Waals surface area contributed by atoms with Crippen LogP contribution in [0.3, 0.4) is 0 Å². The molecule has 3 N–H and O–H groups in total. The molecule has 0 atom stereocenters. The Kier molecular flexibility index (Phi) is 3.87. The zero-order valence-electron chi connectivity index (χ0n) is 12.3. The van der Waals surface area contributed by atoms with Crippen LogP contribution in [0.1, 0.15) is 16.1 Å². The van der Waals surface area contributed by atoms with E-state index in [-0.39, 0.29) is 22.5 Å². The van der Waals surface area contributed by atoms with Gasteiger partial charge in [-0.1, -0.05) is 18.2 Å². The van der Waals surface area contributed by atoms with E-state index in [4.69, 9.17) is 0 Å². The predicted octanol–water partition coefficient (Wildman–Crippen LogP) is 3.24. The zero-order valence-corrected chi connectivity index (χ0v) is 12.3. The molecular weight excluding hydrogens is 313 g/mol. The van der Waals surface area contributed by atoms with Gasteiger partial charge < -0.3 is 15.3 Å². The fraction of sp³-hybridized carbons (Fsp3) is 0. The highest BCUT2D eigenvalue weighted by molar-refractivity contribution is 6.10. The summed E-state index contributed by atoms with van der Waals surface area (Å²) in [4.78, 5) is 16.6. The lowest BCUT2D eigenvalue weighted by Crippen LogP contribution is -2.05. The molecule has 1 aromatic heterocycles. The Morgan fingerprint density at radius 1 is 0.875 bits per heavy atom. The van der Waals surface area contributed by atoms with Crippen LogP contribution in [0.4, 0.5) is 4.39 Å². The van der Waals surface area contributed by atoms with E-state index in [0.29, 0.717) is 0 Å². The highest BCUT2D eigenvalue weighted by atomic mass is 19.1. The number of rotatable bonds is 3. The smallest absolute Gasteiger partial charge is 0.215 e. The fourth-order valence-corrected chi connectivity index (χ4v) is 2.28. The molecule has 0 radical (unpaired) electrons. The lowest BCUT2D eigenvalue weighted by atomic mass is 10.0. The number of phenols is 3. The van der Waals surface area contributed by atoms with Crippen molar-refractivity contribution >= 4 is 5.78 Å². The Hall–Kier alpha value is -3.41. The quantitative estimate of drug-likeness (QED) is 0.508. The zero-order chi connectivity index (χ0) is 17.3. The van der Waals surface area contributed by atoms with Crippen LogP contribution >= 0.6 is 0 Å². The van der Waals surface area contributed by atoms with Crippen molar-refractivity contribution in [1.29, 1.82) is 0 Å². The minimum Gasteiger partial charge on any atom is -0.505 e. The van der Waals surface area contributed by atoms with Crippen LogP contribution in [-0.4, -0.2) is 26.1 Å². The summed E-state index contributed by atoms with van der Waals surface area (Å²) >= 11 is 0. The summed E-state index contributed by atoms with van der Waals surface area (Å²) < 4.78 is 14.0. The van der Waals surface area contributed by atoms with Crippen molar-refractivity contribution in [3.8, 4) is 28.5 Å². The van der Waals surface area contributed by atoms with Crippen molar-refractivity contribution in [2.24, 2.45) is 0 Å². The number of aromatic nitrogens is 1. The number of halogens is 1. The van der Waals surface area contributed by atoms with Gasteiger partial charge in [-0.05, 0) is 36.4 Å². The number of ketones is 1. The summed E-state index contributed by atoms with van der Waals surface area (Å²) in [5.74, 6) is -2.94. The fourth-order valence-electron chi connectivity index (χ4n) is 2.28. The molecule has 0 fully saturated rings. The van der Waals surface area contributed by atoms with Crippen LogP contribution in [-0.2, 0) is 0 Å². The normalized spacial score (nSPS) is 10.5. The molecule has 2 aromatic carbocycles. The van der Waals surface area contributed by atoms with Crippen LogP contribution in [0.5, 0.6) is 17.2 Å². The summed E-state index contributed by atoms with van der Waals surface area (Å²) in [6.07, 6.45) is 0. The molecule has 0 saturated heterocycles. The third-order valence-electron chi connectivity index (χ3n) is 3.50. The van der Waals surface area contributed by atoms with Gasteiger partial charge in [-0.2, -0.15) is 0 Å². The van der Waals surface area contributed by atoms with E-state index >= 15 is 0 Å². The number of hydrogen-bond acceptors (Lipinski definition) is 5. The largest absolute Gasteiger partial charge is 0.505 e. The van der Waals surface area contributed by atoms with Gasteiger partial charge in [0.25, 0.3) is 0 Å². The highest BCUT2D eigenvalue weighted by Gasteiger charge is 2.18. The van der Waals surface area contributed by atoms with E-state index in [9.17, 15) is 24.5 Å². The highest BCUT2D eigenvalue weighted by Crippen LogP contribution is 2.31. The number of para-hydroxylation sites is 1. The van der Waals surface area contributed by atoms with Gasteiger partial charge in [-0.3, -0.25) is 4.79 Å². The Labute approximate surface area is 136 Å². The molecule has 0 aliphatic heterocycles. The van der Waals surface area contributed by atoms with Gasteiger partial charge in [0, 0.05) is 5.56 Å². The van der Waals surface area contributed by atoms with Crippen molar-refractivity contribution in [2.75, 3.05) is 0 Å². The van der Waals surface area contributed by atoms with Crippen molar-refractivity contribution in [2.45, 2.75) is 0 Å². The van der Waals surface area contributed by atoms with Crippen molar-refractivity contribution in [3.05, 3.63) is 71.7 Å². The third-order valence-corrected chi connectivity index (χ3v) is 3.50. The maximum Gasteiger partial charge on any atom is 0.215 e. The van der Waals surface area contributed by atoms with E-state index in [1.54, 1.807) is 0 Å². The Bertz CT molecular complexity index is 940. The lowest BCUT2D eigenvalue weighted by molar-refractivity contribution is 0.103. The van der Waals surface area contributed by atoms with Crippen LogP contribution in [0.15, 0.2) is 54.6 Å². The summed E-state index contributed by atoms with van der Waals surface area (Å²) in [5.41, 5.74) is 0.0610. The molecule has 0 unspecified atom stereocenters. The first-order valence-corrected chi connectivity index (χ1v) is 6.99. The maximum atomic E-state index is 14.0. The molecule has 0 spiro atoms. The molecule has 1 heterocycles. The number of hydrogen-bond donors (Lipinski definition) is 3. The van der Waals surface area contributed by atoms with Gasteiger partial charge in [-0.15, -0.1) is 0 Å². The molecule has 0 amide bonds. The Morgan fingerprint density at radius 2 is 1.54 bits per heavy atom. The van der Waals surface area contributed by atoms with Crippen molar-refractivity contribution in [3.63, 3.8) is 0 Å². The van der Waals surface area contributed by atoms with Gasteiger partial charge in [0.15, 0.2) is 23.1 Å². The van der Waals surface area contributed by atoms with E-state index in [1.807, 2.05) is 0 Å². The SMILES string of the molecule is O=C(c1cccc(-c2cccc(O)c2F)n1)c1cccc(O)c1O. The Morgan fingerprint density at radius 3 is 2.33 bits per heavy atom. The van der Waals surface area contributed by atoms with Gasteiger partial charge in [0.2, 0.25) is 5.78 Å². The Balaban J connectivity index is 2.06. The average Bonchev–Trinajstić information content (AvgIpc) is 2.59. The summed E-state index contributed by atoms with van der Waals surface area (Å²) in [7, 11) is 0. The standard InChI is InChI=1S/C18H12FNO4/c19-16-10(4-1-8-14(16)21)12-6-3-7-13(20-12)17(23)11-5-2-9-15(22)18(11)24/h1-9,21-22,24H. The summed E-state index contributed by atoms with van der Waals surface area (Å²) in [5, 5.41) is 28.8. The molecule has 3 rings (SSSR count). The number of aromatic hydroxyl groups is 3. The molecule has 3 aromatic rings. The first-order chi connectivity index (χ1) is 11.5. The van der Waals surface area contributed by atoms with Crippen LogP contribution in [0, 0.1) is 5.82 Å². The summed E-state index contributed by atoms with van der Waals surface area (Å²) in [6, 6.07) is 12.5. The number of phenolic OH excluding ortho intramolecular Hbond substituents is 3. The average molecular weight is 325 g/mol. The van der Waals surface area contributed by atoms with E-state index < -0.39 is 28.8 Å². The number of carbonyl (C=O) groups excluding carboxylic acids is 1. The van der Waals surface area contributed by atoms with E-state index in [2.05, 4.69) is 4.98 Å². The van der Waals surface area contributed by atoms with Gasteiger partial charge in [-0.25, -0.2) is 9.37 Å². The second kappa shape index (κ2) is 6.00. The van der Waals surface area contributed by atoms with Crippen LogP contribution in [0.25, 0.3) is 11.3 Å². The first kappa shape index (κ1) is 15.5. The molecule has 5 nitrogen and oxygen atoms in total. The van der Waals surface area contributed by atoms with Gasteiger partial charge in [0.05, 0.1) is 11.3 Å².